The van der Waals surface area contributed by atoms with Gasteiger partial charge in [0.25, 0.3) is 5.91 Å². The van der Waals surface area contributed by atoms with Crippen molar-refractivity contribution >= 4 is 33.4 Å². The van der Waals surface area contributed by atoms with Gasteiger partial charge in [0, 0.05) is 25.4 Å². The number of hydrogen-bond donors (Lipinski definition) is 1. The lowest BCUT2D eigenvalue weighted by Crippen LogP contribution is -2.24. The number of methoxy groups -OCH3 is 1. The first-order chi connectivity index (χ1) is 9.52. The van der Waals surface area contributed by atoms with Crippen LogP contribution in [-0.4, -0.2) is 35.3 Å². The summed E-state index contributed by atoms with van der Waals surface area (Å²) >= 11 is 1.42. The highest BCUT2D eigenvalue weighted by Crippen LogP contribution is 2.27. The topological polar surface area (TPSA) is 73.2 Å². The minimum Gasteiger partial charge on any atom is -0.469 e. The normalized spacial score (nSPS) is 10.8. The van der Waals surface area contributed by atoms with Crippen molar-refractivity contribution < 1.29 is 14.3 Å². The van der Waals surface area contributed by atoms with Crippen LogP contribution in [0.3, 0.4) is 0 Å². The highest BCUT2D eigenvalue weighted by molar-refractivity contribution is 7.20. The molecule has 0 aromatic carbocycles. The standard InChI is InChI=1S/C13H17N3O3S/c1-8-9-7-10(20-13(9)16(2)15-8)12(18)14-6-4-5-11(17)19-3/h7H,4-6H2,1-3H3,(H,14,18). The molecule has 2 rings (SSSR count). The zero-order valence-corrected chi connectivity index (χ0v) is 12.5. The largest absolute Gasteiger partial charge is 0.469 e. The number of nitrogens with zero attached hydrogens (tertiary/aromatic N) is 2. The summed E-state index contributed by atoms with van der Waals surface area (Å²) in [7, 11) is 3.22. The van der Waals surface area contributed by atoms with Gasteiger partial charge < -0.3 is 10.1 Å². The molecule has 6 nitrogen and oxygen atoms in total. The van der Waals surface area contributed by atoms with Gasteiger partial charge in [-0.15, -0.1) is 11.3 Å². The second kappa shape index (κ2) is 6.04. The SMILES string of the molecule is COC(=O)CCCNC(=O)c1cc2c(C)nn(C)c2s1. The van der Waals surface area contributed by atoms with E-state index in [1.807, 2.05) is 20.0 Å². The van der Waals surface area contributed by atoms with E-state index >= 15 is 0 Å². The van der Waals surface area contributed by atoms with E-state index in [2.05, 4.69) is 15.2 Å². The summed E-state index contributed by atoms with van der Waals surface area (Å²) in [4.78, 5) is 24.6. The summed E-state index contributed by atoms with van der Waals surface area (Å²) in [6, 6.07) is 1.86. The van der Waals surface area contributed by atoms with E-state index in [-0.39, 0.29) is 11.9 Å². The fourth-order valence-electron chi connectivity index (χ4n) is 1.94. The van der Waals surface area contributed by atoms with Gasteiger partial charge >= 0.3 is 5.97 Å². The molecule has 1 amide bonds. The van der Waals surface area contributed by atoms with Crippen LogP contribution in [0.5, 0.6) is 0 Å². The molecule has 0 atom stereocenters. The van der Waals surface area contributed by atoms with Crippen molar-refractivity contribution in [1.29, 1.82) is 0 Å². The highest BCUT2D eigenvalue weighted by atomic mass is 32.1. The third-order valence-corrected chi connectivity index (χ3v) is 4.19. The minimum atomic E-state index is -0.261. The van der Waals surface area contributed by atoms with Gasteiger partial charge in [-0.2, -0.15) is 5.10 Å². The van der Waals surface area contributed by atoms with Crippen LogP contribution in [-0.2, 0) is 16.6 Å². The number of esters is 1. The van der Waals surface area contributed by atoms with Gasteiger partial charge in [0.15, 0.2) is 0 Å². The van der Waals surface area contributed by atoms with E-state index < -0.39 is 0 Å². The number of thiophene rings is 1. The van der Waals surface area contributed by atoms with Crippen molar-refractivity contribution in [2.24, 2.45) is 7.05 Å². The van der Waals surface area contributed by atoms with Crippen LogP contribution in [0, 0.1) is 6.92 Å². The molecule has 0 unspecified atom stereocenters. The molecule has 20 heavy (non-hydrogen) atoms. The molecule has 0 bridgehead atoms. The van der Waals surface area contributed by atoms with E-state index in [0.29, 0.717) is 24.3 Å². The Morgan fingerprint density at radius 3 is 2.90 bits per heavy atom. The molecular formula is C13H17N3O3S. The first-order valence-corrected chi connectivity index (χ1v) is 7.12. The molecule has 0 saturated carbocycles. The van der Waals surface area contributed by atoms with Crippen LogP contribution in [0.15, 0.2) is 6.07 Å². The van der Waals surface area contributed by atoms with Crippen LogP contribution in [0.2, 0.25) is 0 Å². The Bertz CT molecular complexity index is 610. The Morgan fingerprint density at radius 1 is 1.50 bits per heavy atom. The molecule has 0 fully saturated rings. The summed E-state index contributed by atoms with van der Waals surface area (Å²) in [6.45, 7) is 2.38. The van der Waals surface area contributed by atoms with Crippen molar-refractivity contribution in [3.05, 3.63) is 16.6 Å². The number of rotatable bonds is 5. The Balaban J connectivity index is 1.94. The molecule has 1 N–H and O–H groups in total. The Hall–Kier alpha value is -1.89. The number of ether oxygens (including phenoxy) is 1. The maximum absolute atomic E-state index is 12.0. The molecular weight excluding hydrogens is 278 g/mol. The molecule has 7 heteroatoms. The summed E-state index contributed by atoms with van der Waals surface area (Å²) < 4.78 is 6.32. The zero-order valence-electron chi connectivity index (χ0n) is 11.7. The molecule has 0 radical (unpaired) electrons. The molecule has 2 aromatic rings. The second-order valence-corrected chi connectivity index (χ2v) is 5.50. The van der Waals surface area contributed by atoms with Gasteiger partial charge in [-0.25, -0.2) is 0 Å². The predicted octanol–water partition coefficient (Wildman–Crippen LogP) is 1.63. The second-order valence-electron chi connectivity index (χ2n) is 4.47. The lowest BCUT2D eigenvalue weighted by molar-refractivity contribution is -0.140. The van der Waals surface area contributed by atoms with Crippen LogP contribution in [0.4, 0.5) is 0 Å². The molecule has 0 saturated heterocycles. The average Bonchev–Trinajstić information content (AvgIpc) is 2.97. The number of carbonyl (C=O) groups excluding carboxylic acids is 2. The summed E-state index contributed by atoms with van der Waals surface area (Å²) in [5.41, 5.74) is 0.920. The third kappa shape index (κ3) is 2.98. The Morgan fingerprint density at radius 2 is 2.25 bits per heavy atom. The molecule has 108 valence electrons. The fourth-order valence-corrected chi connectivity index (χ4v) is 2.98. The quantitative estimate of drug-likeness (QED) is 0.672. The number of nitrogens with one attached hydrogen (secondary N) is 1. The lowest BCUT2D eigenvalue weighted by Gasteiger charge is -2.02. The summed E-state index contributed by atoms with van der Waals surface area (Å²) in [6.07, 6.45) is 0.885. The van der Waals surface area contributed by atoms with Crippen LogP contribution >= 0.6 is 11.3 Å². The first kappa shape index (κ1) is 14.5. The smallest absolute Gasteiger partial charge is 0.305 e. The average molecular weight is 295 g/mol. The number of aromatic nitrogens is 2. The van der Waals surface area contributed by atoms with Gasteiger partial charge in [-0.1, -0.05) is 0 Å². The molecule has 0 aliphatic carbocycles. The van der Waals surface area contributed by atoms with E-state index in [1.165, 1.54) is 18.4 Å². The zero-order chi connectivity index (χ0) is 14.7. The number of carbonyl (C=O) groups is 2. The van der Waals surface area contributed by atoms with Crippen molar-refractivity contribution in [2.75, 3.05) is 13.7 Å². The van der Waals surface area contributed by atoms with Gasteiger partial charge in [0.2, 0.25) is 0 Å². The van der Waals surface area contributed by atoms with E-state index in [1.54, 1.807) is 4.68 Å². The Labute approximate surface area is 120 Å². The first-order valence-electron chi connectivity index (χ1n) is 6.31. The third-order valence-electron chi connectivity index (χ3n) is 2.99. The number of amides is 1. The van der Waals surface area contributed by atoms with Crippen molar-refractivity contribution in [3.63, 3.8) is 0 Å². The monoisotopic (exact) mass is 295 g/mol. The highest BCUT2D eigenvalue weighted by Gasteiger charge is 2.14. The maximum Gasteiger partial charge on any atom is 0.305 e. The number of fused-ring (bicyclic) bond motifs is 1. The molecule has 2 aromatic heterocycles. The molecule has 0 spiro atoms. The van der Waals surface area contributed by atoms with Crippen molar-refractivity contribution in [3.8, 4) is 0 Å². The maximum atomic E-state index is 12.0. The van der Waals surface area contributed by atoms with E-state index in [0.717, 1.165) is 15.9 Å². The number of aryl methyl sites for hydroxylation is 2. The van der Waals surface area contributed by atoms with Gasteiger partial charge in [0.1, 0.15) is 4.83 Å². The summed E-state index contributed by atoms with van der Waals surface area (Å²) in [5.74, 6) is -0.377. The molecule has 2 heterocycles. The van der Waals surface area contributed by atoms with Gasteiger partial charge in [0.05, 0.1) is 17.7 Å². The lowest BCUT2D eigenvalue weighted by atomic mass is 10.3. The summed E-state index contributed by atoms with van der Waals surface area (Å²) in [5, 5.41) is 8.11. The van der Waals surface area contributed by atoms with E-state index in [4.69, 9.17) is 0 Å². The van der Waals surface area contributed by atoms with Crippen molar-refractivity contribution in [1.82, 2.24) is 15.1 Å². The Kier molecular flexibility index (Phi) is 4.39. The predicted molar refractivity (Wildman–Crippen MR) is 76.9 cm³/mol. The van der Waals surface area contributed by atoms with Crippen LogP contribution < -0.4 is 5.32 Å². The minimum absolute atomic E-state index is 0.115. The molecule has 0 aliphatic heterocycles. The van der Waals surface area contributed by atoms with Gasteiger partial charge in [-0.05, 0) is 19.4 Å². The van der Waals surface area contributed by atoms with Gasteiger partial charge in [-0.3, -0.25) is 14.3 Å². The van der Waals surface area contributed by atoms with Crippen molar-refractivity contribution in [2.45, 2.75) is 19.8 Å². The van der Waals surface area contributed by atoms with Crippen LogP contribution in [0.1, 0.15) is 28.2 Å². The van der Waals surface area contributed by atoms with Crippen LogP contribution in [0.25, 0.3) is 10.2 Å². The number of hydrogen-bond acceptors (Lipinski definition) is 5. The van der Waals surface area contributed by atoms with E-state index in [9.17, 15) is 9.59 Å². The fraction of sp³-hybridized carbons (Fsp3) is 0.462. The molecule has 0 aliphatic rings.